The summed E-state index contributed by atoms with van der Waals surface area (Å²) in [6, 6.07) is 0. The van der Waals surface area contributed by atoms with E-state index in [9.17, 15) is 0 Å². The van der Waals surface area contributed by atoms with E-state index in [0.29, 0.717) is 0 Å². The van der Waals surface area contributed by atoms with E-state index < -0.39 is 0 Å². The first-order valence-corrected chi connectivity index (χ1v) is 4.98. The lowest BCUT2D eigenvalue weighted by atomic mass is 10.1. The summed E-state index contributed by atoms with van der Waals surface area (Å²) in [5.74, 6) is 0. The van der Waals surface area contributed by atoms with Gasteiger partial charge >= 0.3 is 0 Å². The van der Waals surface area contributed by atoms with Crippen LogP contribution in [0.5, 0.6) is 0 Å². The van der Waals surface area contributed by atoms with Gasteiger partial charge in [-0.15, -0.1) is 0 Å². The highest BCUT2D eigenvalue weighted by Gasteiger charge is 2.08. The predicted octanol–water partition coefficient (Wildman–Crippen LogP) is 2.51. The molecule has 0 atom stereocenters. The summed E-state index contributed by atoms with van der Waals surface area (Å²) < 4.78 is 0. The lowest BCUT2D eigenvalue weighted by Gasteiger charge is -2.12. The molecule has 74 valence electrons. The van der Waals surface area contributed by atoms with Crippen molar-refractivity contribution < 1.29 is 0 Å². The number of hydrogen-bond donors (Lipinski definition) is 1. The minimum Gasteiger partial charge on any atom is -0.388 e. The molecule has 2 nitrogen and oxygen atoms in total. The summed E-state index contributed by atoms with van der Waals surface area (Å²) in [6.45, 7) is 9.55. The molecule has 0 amide bonds. The largest absolute Gasteiger partial charge is 0.388 e. The minimum atomic E-state index is 0.0414. The molecule has 0 aromatic rings. The first-order chi connectivity index (χ1) is 5.97. The van der Waals surface area contributed by atoms with Gasteiger partial charge in [0.25, 0.3) is 0 Å². The quantitative estimate of drug-likeness (QED) is 0.616. The molecule has 1 N–H and O–H groups in total. The van der Waals surface area contributed by atoms with Crippen molar-refractivity contribution in [3.63, 3.8) is 0 Å². The second-order valence-corrected chi connectivity index (χ2v) is 4.62. The van der Waals surface area contributed by atoms with E-state index in [0.717, 1.165) is 12.3 Å². The molecule has 1 aliphatic rings. The monoisotopic (exact) mass is 180 g/mol. The smallest absolute Gasteiger partial charge is 0.0527 e. The Morgan fingerprint density at radius 3 is 2.62 bits per heavy atom. The molecule has 0 aromatic heterocycles. The average molecular weight is 180 g/mol. The van der Waals surface area contributed by atoms with Gasteiger partial charge in [0.05, 0.1) is 5.54 Å². The van der Waals surface area contributed by atoms with Crippen LogP contribution in [0.15, 0.2) is 16.8 Å². The molecule has 2 heteroatoms. The SMILES string of the molecule is CC(/C=C1/CCCN1)=N\C(C)(C)C. The fourth-order valence-electron chi connectivity index (χ4n) is 1.55. The molecule has 0 unspecified atom stereocenters. The Balaban J connectivity index is 2.62. The second kappa shape index (κ2) is 3.95. The van der Waals surface area contributed by atoms with Crippen molar-refractivity contribution in [1.29, 1.82) is 0 Å². The van der Waals surface area contributed by atoms with Crippen molar-refractivity contribution in [2.75, 3.05) is 6.54 Å². The van der Waals surface area contributed by atoms with Gasteiger partial charge in [-0.1, -0.05) is 0 Å². The van der Waals surface area contributed by atoms with Crippen molar-refractivity contribution in [1.82, 2.24) is 5.32 Å². The Hall–Kier alpha value is -0.790. The van der Waals surface area contributed by atoms with Gasteiger partial charge in [-0.25, -0.2) is 0 Å². The molecular formula is C11H20N2. The average Bonchev–Trinajstić information content (AvgIpc) is 2.34. The molecule has 1 heterocycles. The third kappa shape index (κ3) is 4.11. The number of nitrogens with zero attached hydrogens (tertiary/aromatic N) is 1. The van der Waals surface area contributed by atoms with E-state index in [2.05, 4.69) is 44.1 Å². The Bertz CT molecular complexity index is 223. The summed E-state index contributed by atoms with van der Waals surface area (Å²) in [7, 11) is 0. The van der Waals surface area contributed by atoms with Gasteiger partial charge in [0.2, 0.25) is 0 Å². The van der Waals surface area contributed by atoms with Crippen LogP contribution in [0, 0.1) is 0 Å². The topological polar surface area (TPSA) is 24.4 Å². The van der Waals surface area contributed by atoms with Crippen molar-refractivity contribution in [2.45, 2.75) is 46.1 Å². The van der Waals surface area contributed by atoms with Crippen molar-refractivity contribution in [3.05, 3.63) is 11.8 Å². The van der Waals surface area contributed by atoms with Crippen LogP contribution in [0.2, 0.25) is 0 Å². The van der Waals surface area contributed by atoms with Crippen LogP contribution in [0.3, 0.4) is 0 Å². The van der Waals surface area contributed by atoms with Crippen molar-refractivity contribution in [3.8, 4) is 0 Å². The fourth-order valence-corrected chi connectivity index (χ4v) is 1.55. The third-order valence-corrected chi connectivity index (χ3v) is 1.87. The van der Waals surface area contributed by atoms with Gasteiger partial charge in [-0.3, -0.25) is 4.99 Å². The fraction of sp³-hybridized carbons (Fsp3) is 0.727. The van der Waals surface area contributed by atoms with E-state index in [-0.39, 0.29) is 5.54 Å². The van der Waals surface area contributed by atoms with E-state index in [4.69, 9.17) is 0 Å². The standard InChI is InChI=1S/C11H20N2/c1-9(13-11(2,3)4)8-10-6-5-7-12-10/h8,12H,5-7H2,1-4H3/b10-8-,13-9+. The van der Waals surface area contributed by atoms with Gasteiger partial charge in [0, 0.05) is 18.0 Å². The summed E-state index contributed by atoms with van der Waals surface area (Å²) in [6.07, 6.45) is 4.60. The van der Waals surface area contributed by atoms with Crippen molar-refractivity contribution >= 4 is 5.71 Å². The van der Waals surface area contributed by atoms with Crippen LogP contribution >= 0.6 is 0 Å². The maximum Gasteiger partial charge on any atom is 0.0527 e. The first kappa shape index (κ1) is 10.3. The van der Waals surface area contributed by atoms with Gasteiger partial charge in [0.15, 0.2) is 0 Å². The molecule has 0 aliphatic carbocycles. The molecule has 1 rings (SSSR count). The summed E-state index contributed by atoms with van der Waals surface area (Å²) in [5, 5.41) is 3.35. The van der Waals surface area contributed by atoms with E-state index in [1.165, 1.54) is 18.5 Å². The molecule has 1 saturated heterocycles. The number of allylic oxidation sites excluding steroid dienone is 2. The number of hydrogen-bond acceptors (Lipinski definition) is 2. The summed E-state index contributed by atoms with van der Waals surface area (Å²) >= 11 is 0. The first-order valence-electron chi connectivity index (χ1n) is 4.98. The van der Waals surface area contributed by atoms with Gasteiger partial charge < -0.3 is 5.32 Å². The highest BCUT2D eigenvalue weighted by Crippen LogP contribution is 2.11. The summed E-state index contributed by atoms with van der Waals surface area (Å²) in [5.41, 5.74) is 2.50. The van der Waals surface area contributed by atoms with Gasteiger partial charge in [-0.2, -0.15) is 0 Å². The predicted molar refractivity (Wildman–Crippen MR) is 58.2 cm³/mol. The lowest BCUT2D eigenvalue weighted by Crippen LogP contribution is -2.13. The molecule has 1 fully saturated rings. The zero-order valence-corrected chi connectivity index (χ0v) is 9.15. The minimum absolute atomic E-state index is 0.0414. The Morgan fingerprint density at radius 2 is 2.15 bits per heavy atom. The molecule has 0 spiro atoms. The van der Waals surface area contributed by atoms with E-state index in [1.54, 1.807) is 0 Å². The Morgan fingerprint density at radius 1 is 1.46 bits per heavy atom. The molecule has 0 bridgehead atoms. The number of nitrogens with one attached hydrogen (secondary N) is 1. The molecule has 0 saturated carbocycles. The molecular weight excluding hydrogens is 160 g/mol. The van der Waals surface area contributed by atoms with Crippen LogP contribution in [0.25, 0.3) is 0 Å². The van der Waals surface area contributed by atoms with E-state index >= 15 is 0 Å². The zero-order chi connectivity index (χ0) is 9.90. The molecule has 1 aliphatic heterocycles. The summed E-state index contributed by atoms with van der Waals surface area (Å²) in [4.78, 5) is 4.57. The van der Waals surface area contributed by atoms with Crippen molar-refractivity contribution in [2.24, 2.45) is 4.99 Å². The van der Waals surface area contributed by atoms with Gasteiger partial charge in [0.1, 0.15) is 0 Å². The van der Waals surface area contributed by atoms with Crippen LogP contribution in [-0.4, -0.2) is 17.8 Å². The highest BCUT2D eigenvalue weighted by molar-refractivity contribution is 5.93. The van der Waals surface area contributed by atoms with E-state index in [1.807, 2.05) is 0 Å². The number of aliphatic imine (C=N–C) groups is 1. The maximum absolute atomic E-state index is 4.57. The maximum atomic E-state index is 4.57. The van der Waals surface area contributed by atoms with Gasteiger partial charge in [-0.05, 0) is 46.6 Å². The normalized spacial score (nSPS) is 22.2. The zero-order valence-electron chi connectivity index (χ0n) is 9.15. The van der Waals surface area contributed by atoms with Crippen LogP contribution < -0.4 is 5.32 Å². The Kier molecular flexibility index (Phi) is 3.12. The Labute approximate surface area is 81.1 Å². The third-order valence-electron chi connectivity index (χ3n) is 1.87. The molecule has 0 radical (unpaired) electrons. The van der Waals surface area contributed by atoms with Crippen LogP contribution in [0.4, 0.5) is 0 Å². The highest BCUT2D eigenvalue weighted by atomic mass is 14.9. The molecule has 13 heavy (non-hydrogen) atoms. The second-order valence-electron chi connectivity index (χ2n) is 4.62. The van der Waals surface area contributed by atoms with Crippen LogP contribution in [0.1, 0.15) is 40.5 Å². The van der Waals surface area contributed by atoms with Crippen LogP contribution in [-0.2, 0) is 0 Å². The number of rotatable bonds is 1. The lowest BCUT2D eigenvalue weighted by molar-refractivity contribution is 0.584. The molecule has 0 aromatic carbocycles.